The third kappa shape index (κ3) is 4.08. The number of ether oxygens (including phenoxy) is 1. The van der Waals surface area contributed by atoms with Gasteiger partial charge in [0.2, 0.25) is 5.91 Å². The highest BCUT2D eigenvalue weighted by Gasteiger charge is 2.35. The summed E-state index contributed by atoms with van der Waals surface area (Å²) in [5.74, 6) is 1.31. The summed E-state index contributed by atoms with van der Waals surface area (Å²) in [6.45, 7) is 8.49. The number of piperazine rings is 1. The van der Waals surface area contributed by atoms with Crippen molar-refractivity contribution in [2.45, 2.75) is 39.2 Å². The number of carbonyl (C=O) groups is 2. The third-order valence-corrected chi connectivity index (χ3v) is 4.33. The number of hydrogen-bond donors (Lipinski definition) is 0. The molecule has 1 heterocycles. The van der Waals surface area contributed by atoms with Crippen LogP contribution in [0.5, 0.6) is 5.75 Å². The predicted octanol–water partition coefficient (Wildman–Crippen LogP) is 2.56. The lowest BCUT2D eigenvalue weighted by atomic mass is 10.1. The van der Waals surface area contributed by atoms with Crippen molar-refractivity contribution >= 4 is 11.8 Å². The summed E-state index contributed by atoms with van der Waals surface area (Å²) in [7, 11) is 0. The van der Waals surface area contributed by atoms with E-state index in [1.165, 1.54) is 0 Å². The summed E-state index contributed by atoms with van der Waals surface area (Å²) in [6, 6.07) is 7.30. The van der Waals surface area contributed by atoms with Crippen LogP contribution >= 0.6 is 0 Å². The molecular formula is C19H26N2O3. The van der Waals surface area contributed by atoms with Gasteiger partial charge in [-0.15, -0.1) is 0 Å². The van der Waals surface area contributed by atoms with Gasteiger partial charge in [-0.3, -0.25) is 9.59 Å². The minimum absolute atomic E-state index is 0.0239. The minimum Gasteiger partial charge on any atom is -0.488 e. The second kappa shape index (κ2) is 6.46. The van der Waals surface area contributed by atoms with Crippen molar-refractivity contribution in [3.8, 4) is 5.75 Å². The normalized spacial score (nSPS) is 18.5. The fourth-order valence-corrected chi connectivity index (χ4v) is 2.92. The molecule has 1 aliphatic heterocycles. The van der Waals surface area contributed by atoms with Crippen LogP contribution < -0.4 is 4.74 Å². The molecule has 1 saturated carbocycles. The molecule has 0 N–H and O–H groups in total. The summed E-state index contributed by atoms with van der Waals surface area (Å²) in [6.07, 6.45) is 2.06. The highest BCUT2D eigenvalue weighted by atomic mass is 16.5. The van der Waals surface area contributed by atoms with Crippen LogP contribution in [0.15, 0.2) is 24.3 Å². The molecule has 24 heavy (non-hydrogen) atoms. The van der Waals surface area contributed by atoms with Crippen LogP contribution in [0, 0.1) is 5.92 Å². The van der Waals surface area contributed by atoms with Crippen molar-refractivity contribution < 1.29 is 14.3 Å². The van der Waals surface area contributed by atoms with E-state index >= 15 is 0 Å². The second-order valence-corrected chi connectivity index (χ2v) is 7.63. The molecule has 1 aromatic rings. The van der Waals surface area contributed by atoms with Gasteiger partial charge in [0.1, 0.15) is 11.4 Å². The largest absolute Gasteiger partial charge is 0.488 e. The van der Waals surface area contributed by atoms with Crippen LogP contribution in [0.25, 0.3) is 0 Å². The fourth-order valence-electron chi connectivity index (χ4n) is 2.92. The summed E-state index contributed by atoms with van der Waals surface area (Å²) >= 11 is 0. The first-order valence-corrected chi connectivity index (χ1v) is 8.71. The molecule has 0 radical (unpaired) electrons. The van der Waals surface area contributed by atoms with E-state index in [9.17, 15) is 9.59 Å². The Morgan fingerprint density at radius 2 is 1.50 bits per heavy atom. The molecule has 2 fully saturated rings. The lowest BCUT2D eigenvalue weighted by molar-refractivity contribution is -0.134. The molecule has 0 bridgehead atoms. The molecule has 2 amide bonds. The zero-order valence-corrected chi connectivity index (χ0v) is 14.7. The summed E-state index contributed by atoms with van der Waals surface area (Å²) in [5.41, 5.74) is 0.411. The molecule has 130 valence electrons. The Kier molecular flexibility index (Phi) is 4.52. The highest BCUT2D eigenvalue weighted by molar-refractivity contribution is 5.94. The van der Waals surface area contributed by atoms with Gasteiger partial charge >= 0.3 is 0 Å². The number of nitrogens with zero attached hydrogens (tertiary/aromatic N) is 2. The zero-order valence-electron chi connectivity index (χ0n) is 14.7. The maximum atomic E-state index is 12.6. The smallest absolute Gasteiger partial charge is 0.253 e. The van der Waals surface area contributed by atoms with Crippen molar-refractivity contribution in [2.75, 3.05) is 26.2 Å². The number of benzene rings is 1. The molecule has 1 aliphatic carbocycles. The summed E-state index contributed by atoms with van der Waals surface area (Å²) in [4.78, 5) is 28.4. The topological polar surface area (TPSA) is 49.9 Å². The molecule has 0 atom stereocenters. The molecule has 1 aromatic carbocycles. The van der Waals surface area contributed by atoms with Crippen LogP contribution in [0.2, 0.25) is 0 Å². The lowest BCUT2D eigenvalue weighted by Gasteiger charge is -2.35. The van der Waals surface area contributed by atoms with Gasteiger partial charge in [0.25, 0.3) is 5.91 Å². The molecule has 0 unspecified atom stereocenters. The van der Waals surface area contributed by atoms with Gasteiger partial charge in [-0.25, -0.2) is 0 Å². The zero-order chi connectivity index (χ0) is 17.3. The Morgan fingerprint density at radius 3 is 2.00 bits per heavy atom. The molecule has 0 aromatic heterocycles. The van der Waals surface area contributed by atoms with Gasteiger partial charge in [-0.05, 0) is 57.9 Å². The van der Waals surface area contributed by atoms with Gasteiger partial charge in [0.05, 0.1) is 0 Å². The van der Waals surface area contributed by atoms with Crippen molar-refractivity contribution in [2.24, 2.45) is 5.92 Å². The minimum atomic E-state index is -0.254. The van der Waals surface area contributed by atoms with Gasteiger partial charge < -0.3 is 14.5 Å². The first kappa shape index (κ1) is 16.8. The first-order chi connectivity index (χ1) is 11.3. The van der Waals surface area contributed by atoms with Crippen LogP contribution in [0.1, 0.15) is 44.0 Å². The SMILES string of the molecule is CC(C)(C)Oc1ccc(C(=O)N2CCN(C(=O)C3CC3)CC2)cc1. The Labute approximate surface area is 143 Å². The summed E-state index contributed by atoms with van der Waals surface area (Å²) < 4.78 is 5.78. The Hall–Kier alpha value is -2.04. The van der Waals surface area contributed by atoms with Gasteiger partial charge in [0, 0.05) is 37.7 Å². The maximum absolute atomic E-state index is 12.6. The quantitative estimate of drug-likeness (QED) is 0.856. The van der Waals surface area contributed by atoms with E-state index in [2.05, 4.69) is 0 Å². The van der Waals surface area contributed by atoms with Crippen LogP contribution in [-0.4, -0.2) is 53.4 Å². The lowest BCUT2D eigenvalue weighted by Crippen LogP contribution is -2.51. The Morgan fingerprint density at radius 1 is 0.958 bits per heavy atom. The molecule has 3 rings (SSSR count). The summed E-state index contributed by atoms with van der Waals surface area (Å²) in [5, 5.41) is 0. The van der Waals surface area contributed by atoms with Crippen molar-refractivity contribution in [1.82, 2.24) is 9.80 Å². The second-order valence-electron chi connectivity index (χ2n) is 7.63. The Balaban J connectivity index is 1.56. The average Bonchev–Trinajstić information content (AvgIpc) is 3.38. The van der Waals surface area contributed by atoms with Crippen molar-refractivity contribution in [3.63, 3.8) is 0 Å². The van der Waals surface area contributed by atoms with Gasteiger partial charge in [-0.2, -0.15) is 0 Å². The fraction of sp³-hybridized carbons (Fsp3) is 0.579. The van der Waals surface area contributed by atoms with E-state index in [0.717, 1.165) is 18.6 Å². The molecular weight excluding hydrogens is 304 g/mol. The van der Waals surface area contributed by atoms with Gasteiger partial charge in [0.15, 0.2) is 0 Å². The molecule has 5 nitrogen and oxygen atoms in total. The molecule has 5 heteroatoms. The monoisotopic (exact) mass is 330 g/mol. The van der Waals surface area contributed by atoms with Crippen LogP contribution in [-0.2, 0) is 4.79 Å². The third-order valence-electron chi connectivity index (χ3n) is 4.33. The van der Waals surface area contributed by atoms with E-state index in [-0.39, 0.29) is 23.3 Å². The van der Waals surface area contributed by atoms with Crippen LogP contribution in [0.3, 0.4) is 0 Å². The Bertz CT molecular complexity index is 606. The van der Waals surface area contributed by atoms with E-state index in [1.807, 2.05) is 54.8 Å². The first-order valence-electron chi connectivity index (χ1n) is 8.71. The molecule has 0 spiro atoms. The van der Waals surface area contributed by atoms with Crippen LogP contribution in [0.4, 0.5) is 0 Å². The standard InChI is InChI=1S/C19H26N2O3/c1-19(2,3)24-16-8-6-15(7-9-16)18(23)21-12-10-20(11-13-21)17(22)14-4-5-14/h6-9,14H,4-5,10-13H2,1-3H3. The number of hydrogen-bond acceptors (Lipinski definition) is 3. The van der Waals surface area contributed by atoms with Crippen molar-refractivity contribution in [1.29, 1.82) is 0 Å². The van der Waals surface area contributed by atoms with E-state index in [4.69, 9.17) is 4.74 Å². The number of rotatable bonds is 3. The predicted molar refractivity (Wildman–Crippen MR) is 92.0 cm³/mol. The maximum Gasteiger partial charge on any atom is 0.253 e. The highest BCUT2D eigenvalue weighted by Crippen LogP contribution is 2.31. The molecule has 2 aliphatic rings. The van der Waals surface area contributed by atoms with E-state index < -0.39 is 0 Å². The number of carbonyl (C=O) groups excluding carboxylic acids is 2. The van der Waals surface area contributed by atoms with Gasteiger partial charge in [-0.1, -0.05) is 0 Å². The van der Waals surface area contributed by atoms with Crippen molar-refractivity contribution in [3.05, 3.63) is 29.8 Å². The van der Waals surface area contributed by atoms with E-state index in [1.54, 1.807) is 0 Å². The van der Waals surface area contributed by atoms with E-state index in [0.29, 0.717) is 31.7 Å². The molecule has 1 saturated heterocycles. The average molecular weight is 330 g/mol. The number of amides is 2.